The molecule has 0 spiro atoms. The molecule has 0 heterocycles. The maximum atomic E-state index is 11.8. The van der Waals surface area contributed by atoms with Gasteiger partial charge >= 0.3 is 5.97 Å². The first kappa shape index (κ1) is 13.6. The number of esters is 1. The van der Waals surface area contributed by atoms with Crippen LogP contribution in [0.1, 0.15) is 41.8 Å². The molecule has 0 N–H and O–H groups in total. The van der Waals surface area contributed by atoms with Gasteiger partial charge in [-0.1, -0.05) is 13.0 Å². The minimum absolute atomic E-state index is 0.314. The van der Waals surface area contributed by atoms with E-state index in [0.29, 0.717) is 24.5 Å². The zero-order valence-electron chi connectivity index (χ0n) is 11.0. The SMILES string of the molecule is CCCOc1c(C)cc(C)cc1C(=O)OCC. The summed E-state index contributed by atoms with van der Waals surface area (Å²) in [6, 6.07) is 3.82. The molecule has 0 radical (unpaired) electrons. The molecule has 17 heavy (non-hydrogen) atoms. The Balaban J connectivity index is 3.10. The summed E-state index contributed by atoms with van der Waals surface area (Å²) in [5.41, 5.74) is 2.54. The minimum Gasteiger partial charge on any atom is -0.492 e. The van der Waals surface area contributed by atoms with E-state index in [-0.39, 0.29) is 5.97 Å². The second kappa shape index (κ2) is 6.28. The lowest BCUT2D eigenvalue weighted by molar-refractivity contribution is 0.0521. The first-order valence-corrected chi connectivity index (χ1v) is 6.01. The van der Waals surface area contributed by atoms with Gasteiger partial charge in [0.2, 0.25) is 0 Å². The predicted molar refractivity (Wildman–Crippen MR) is 67.7 cm³/mol. The van der Waals surface area contributed by atoms with E-state index < -0.39 is 0 Å². The van der Waals surface area contributed by atoms with Crippen LogP contribution in [0.4, 0.5) is 0 Å². The van der Waals surface area contributed by atoms with Crippen molar-refractivity contribution >= 4 is 5.97 Å². The van der Waals surface area contributed by atoms with E-state index in [0.717, 1.165) is 17.5 Å². The Kier molecular flexibility index (Phi) is 5.01. The fourth-order valence-electron chi connectivity index (χ4n) is 1.71. The monoisotopic (exact) mass is 236 g/mol. The zero-order chi connectivity index (χ0) is 12.8. The van der Waals surface area contributed by atoms with E-state index in [1.54, 1.807) is 6.92 Å². The first-order valence-electron chi connectivity index (χ1n) is 6.01. The molecule has 0 aliphatic heterocycles. The molecule has 0 saturated carbocycles. The van der Waals surface area contributed by atoms with Crippen molar-refractivity contribution in [1.82, 2.24) is 0 Å². The molecule has 0 amide bonds. The molecule has 0 atom stereocenters. The Morgan fingerprint density at radius 1 is 1.24 bits per heavy atom. The second-order valence-electron chi connectivity index (χ2n) is 4.03. The molecule has 0 unspecified atom stereocenters. The minimum atomic E-state index is -0.314. The number of ether oxygens (including phenoxy) is 2. The highest BCUT2D eigenvalue weighted by atomic mass is 16.5. The van der Waals surface area contributed by atoms with E-state index in [9.17, 15) is 4.79 Å². The van der Waals surface area contributed by atoms with Gasteiger partial charge in [-0.2, -0.15) is 0 Å². The van der Waals surface area contributed by atoms with Crippen LogP contribution in [0.15, 0.2) is 12.1 Å². The van der Waals surface area contributed by atoms with Crippen molar-refractivity contribution in [1.29, 1.82) is 0 Å². The number of aryl methyl sites for hydroxylation is 2. The molecule has 0 aliphatic carbocycles. The molecule has 0 aromatic heterocycles. The molecule has 0 aliphatic rings. The van der Waals surface area contributed by atoms with Crippen LogP contribution >= 0.6 is 0 Å². The third-order valence-electron chi connectivity index (χ3n) is 2.36. The summed E-state index contributed by atoms with van der Waals surface area (Å²) in [4.78, 5) is 11.8. The van der Waals surface area contributed by atoms with Crippen LogP contribution in [-0.2, 0) is 4.74 Å². The van der Waals surface area contributed by atoms with E-state index in [4.69, 9.17) is 9.47 Å². The summed E-state index contributed by atoms with van der Waals surface area (Å²) in [6.07, 6.45) is 0.912. The fraction of sp³-hybridized carbons (Fsp3) is 0.500. The van der Waals surface area contributed by atoms with Gasteiger partial charge in [0, 0.05) is 0 Å². The van der Waals surface area contributed by atoms with Gasteiger partial charge in [0.25, 0.3) is 0 Å². The van der Waals surface area contributed by atoms with Crippen LogP contribution in [0.2, 0.25) is 0 Å². The summed E-state index contributed by atoms with van der Waals surface area (Å²) >= 11 is 0. The molecular formula is C14H20O3. The van der Waals surface area contributed by atoms with Crippen molar-refractivity contribution in [2.24, 2.45) is 0 Å². The fourth-order valence-corrected chi connectivity index (χ4v) is 1.71. The van der Waals surface area contributed by atoms with Crippen molar-refractivity contribution in [3.05, 3.63) is 28.8 Å². The lowest BCUT2D eigenvalue weighted by Crippen LogP contribution is -2.10. The van der Waals surface area contributed by atoms with Crippen molar-refractivity contribution in [3.63, 3.8) is 0 Å². The van der Waals surface area contributed by atoms with Gasteiger partial charge in [-0.25, -0.2) is 4.79 Å². The van der Waals surface area contributed by atoms with E-state index in [1.165, 1.54) is 0 Å². The molecule has 1 rings (SSSR count). The van der Waals surface area contributed by atoms with Gasteiger partial charge in [0.15, 0.2) is 0 Å². The highest BCUT2D eigenvalue weighted by Gasteiger charge is 2.16. The van der Waals surface area contributed by atoms with Gasteiger partial charge < -0.3 is 9.47 Å². The van der Waals surface area contributed by atoms with Gasteiger partial charge in [-0.3, -0.25) is 0 Å². The summed E-state index contributed by atoms with van der Waals surface area (Å²) in [5.74, 6) is 0.335. The molecule has 94 valence electrons. The molecule has 3 heteroatoms. The lowest BCUT2D eigenvalue weighted by atomic mass is 10.1. The summed E-state index contributed by atoms with van der Waals surface area (Å²) in [6.45, 7) is 8.72. The van der Waals surface area contributed by atoms with Crippen LogP contribution < -0.4 is 4.74 Å². The highest BCUT2D eigenvalue weighted by Crippen LogP contribution is 2.26. The maximum Gasteiger partial charge on any atom is 0.341 e. The Bertz CT molecular complexity index is 397. The number of hydrogen-bond donors (Lipinski definition) is 0. The topological polar surface area (TPSA) is 35.5 Å². The quantitative estimate of drug-likeness (QED) is 0.736. The number of carbonyl (C=O) groups is 1. The van der Waals surface area contributed by atoms with E-state index in [1.807, 2.05) is 32.9 Å². The molecule has 1 aromatic carbocycles. The van der Waals surface area contributed by atoms with Crippen molar-refractivity contribution < 1.29 is 14.3 Å². The summed E-state index contributed by atoms with van der Waals surface area (Å²) in [5, 5.41) is 0. The predicted octanol–water partition coefficient (Wildman–Crippen LogP) is 3.27. The van der Waals surface area contributed by atoms with Crippen molar-refractivity contribution in [3.8, 4) is 5.75 Å². The number of benzene rings is 1. The Morgan fingerprint density at radius 2 is 1.94 bits per heavy atom. The number of hydrogen-bond acceptors (Lipinski definition) is 3. The largest absolute Gasteiger partial charge is 0.492 e. The van der Waals surface area contributed by atoms with Crippen molar-refractivity contribution in [2.75, 3.05) is 13.2 Å². The van der Waals surface area contributed by atoms with Gasteiger partial charge in [0.05, 0.1) is 13.2 Å². The molecule has 0 saturated heterocycles. The Morgan fingerprint density at radius 3 is 2.53 bits per heavy atom. The van der Waals surface area contributed by atoms with E-state index in [2.05, 4.69) is 0 Å². The molecular weight excluding hydrogens is 216 g/mol. The van der Waals surface area contributed by atoms with Gasteiger partial charge in [0.1, 0.15) is 11.3 Å². The maximum absolute atomic E-state index is 11.8. The Hall–Kier alpha value is -1.51. The average molecular weight is 236 g/mol. The van der Waals surface area contributed by atoms with Gasteiger partial charge in [-0.05, 0) is 44.4 Å². The summed E-state index contributed by atoms with van der Waals surface area (Å²) < 4.78 is 10.7. The highest BCUT2D eigenvalue weighted by molar-refractivity contribution is 5.93. The molecule has 1 aromatic rings. The molecule has 3 nitrogen and oxygen atoms in total. The van der Waals surface area contributed by atoms with Crippen LogP contribution in [-0.4, -0.2) is 19.2 Å². The Labute approximate surface area is 103 Å². The number of carbonyl (C=O) groups excluding carboxylic acids is 1. The smallest absolute Gasteiger partial charge is 0.341 e. The van der Waals surface area contributed by atoms with E-state index >= 15 is 0 Å². The summed E-state index contributed by atoms with van der Waals surface area (Å²) in [7, 11) is 0. The van der Waals surface area contributed by atoms with Crippen LogP contribution in [0.25, 0.3) is 0 Å². The third-order valence-corrected chi connectivity index (χ3v) is 2.36. The normalized spacial score (nSPS) is 10.1. The van der Waals surface area contributed by atoms with Gasteiger partial charge in [-0.15, -0.1) is 0 Å². The standard InChI is InChI=1S/C14H20O3/c1-5-7-17-13-11(4)8-10(3)9-12(13)14(15)16-6-2/h8-9H,5-7H2,1-4H3. The lowest BCUT2D eigenvalue weighted by Gasteiger charge is -2.14. The zero-order valence-corrected chi connectivity index (χ0v) is 11.0. The van der Waals surface area contributed by atoms with Crippen LogP contribution in [0.5, 0.6) is 5.75 Å². The molecule has 0 fully saturated rings. The first-order chi connectivity index (χ1) is 8.10. The van der Waals surface area contributed by atoms with Crippen molar-refractivity contribution in [2.45, 2.75) is 34.1 Å². The second-order valence-corrected chi connectivity index (χ2v) is 4.03. The molecule has 0 bridgehead atoms. The average Bonchev–Trinajstić information content (AvgIpc) is 2.27. The van der Waals surface area contributed by atoms with Crippen LogP contribution in [0, 0.1) is 13.8 Å². The number of rotatable bonds is 5. The van der Waals surface area contributed by atoms with Crippen LogP contribution in [0.3, 0.4) is 0 Å². The third kappa shape index (κ3) is 3.48.